The fraction of sp³-hybridized carbons (Fsp3) is 0. The van der Waals surface area contributed by atoms with Gasteiger partial charge >= 0.3 is 0 Å². The maximum Gasteiger partial charge on any atom is 0.264 e. The molecule has 23 heavy (non-hydrogen) atoms. The number of amides is 1. The molecule has 0 radical (unpaired) electrons. The number of ketones is 1. The number of nitrogens with one attached hydrogen (secondary N) is 1. The van der Waals surface area contributed by atoms with Crippen LogP contribution in [-0.4, -0.2) is 17.5 Å². The van der Waals surface area contributed by atoms with Crippen LogP contribution in [0.4, 0.5) is 5.69 Å². The van der Waals surface area contributed by atoms with Gasteiger partial charge < -0.3 is 0 Å². The molecule has 1 aliphatic rings. The van der Waals surface area contributed by atoms with Gasteiger partial charge in [-0.05, 0) is 17.5 Å². The zero-order valence-electron chi connectivity index (χ0n) is 12.1. The highest BCUT2D eigenvalue weighted by Gasteiger charge is 2.36. The van der Waals surface area contributed by atoms with Gasteiger partial charge in [0.25, 0.3) is 5.91 Å². The third-order valence-electron chi connectivity index (χ3n) is 4.05. The Labute approximate surface area is 132 Å². The van der Waals surface area contributed by atoms with Gasteiger partial charge in [-0.15, -0.1) is 0 Å². The van der Waals surface area contributed by atoms with Crippen LogP contribution in [0.25, 0.3) is 10.8 Å². The summed E-state index contributed by atoms with van der Waals surface area (Å²) in [6, 6.07) is 19.8. The normalized spacial score (nSPS) is 14.3. The predicted molar refractivity (Wildman–Crippen MR) is 89.3 cm³/mol. The van der Waals surface area contributed by atoms with E-state index in [1.807, 2.05) is 36.4 Å². The lowest BCUT2D eigenvalue weighted by atomic mass is 9.95. The predicted octanol–water partition coefficient (Wildman–Crippen LogP) is 3.66. The molecule has 0 unspecified atom stereocenters. The summed E-state index contributed by atoms with van der Waals surface area (Å²) in [5, 5.41) is 9.97. The summed E-state index contributed by atoms with van der Waals surface area (Å²) in [5.41, 5.74) is 1.18. The van der Waals surface area contributed by atoms with Crippen molar-refractivity contribution in [1.29, 1.82) is 5.41 Å². The molecular weight excluding hydrogens is 288 g/mol. The van der Waals surface area contributed by atoms with Crippen LogP contribution in [0.5, 0.6) is 0 Å². The Hall–Kier alpha value is -3.27. The topological polar surface area (TPSA) is 61.2 Å². The number of carbonyl (C=O) groups is 2. The summed E-state index contributed by atoms with van der Waals surface area (Å²) in [6.07, 6.45) is 0. The van der Waals surface area contributed by atoms with E-state index in [-0.39, 0.29) is 11.7 Å². The summed E-state index contributed by atoms with van der Waals surface area (Å²) in [4.78, 5) is 26.5. The molecule has 0 spiro atoms. The third-order valence-corrected chi connectivity index (χ3v) is 4.05. The average Bonchev–Trinajstić information content (AvgIpc) is 2.60. The van der Waals surface area contributed by atoms with Gasteiger partial charge in [-0.25, -0.2) is 0 Å². The minimum atomic E-state index is -0.437. The van der Waals surface area contributed by atoms with Crippen LogP contribution in [0.2, 0.25) is 0 Å². The maximum atomic E-state index is 12.8. The fourth-order valence-electron chi connectivity index (χ4n) is 2.95. The Morgan fingerprint density at radius 2 is 1.39 bits per heavy atom. The van der Waals surface area contributed by atoms with Crippen molar-refractivity contribution in [2.75, 3.05) is 4.90 Å². The molecule has 3 aromatic carbocycles. The summed E-state index contributed by atoms with van der Waals surface area (Å²) in [7, 11) is 0. The van der Waals surface area contributed by atoms with Gasteiger partial charge in [0.1, 0.15) is 0 Å². The fourth-order valence-corrected chi connectivity index (χ4v) is 2.95. The van der Waals surface area contributed by atoms with E-state index in [0.29, 0.717) is 16.8 Å². The van der Waals surface area contributed by atoms with Gasteiger partial charge in [-0.3, -0.25) is 19.9 Å². The molecule has 1 amide bonds. The highest BCUT2D eigenvalue weighted by Crippen LogP contribution is 2.31. The number of rotatable bonds is 1. The number of Topliss-reactive ketones (excluding diaryl/α,β-unsaturated/α-hetero) is 1. The second kappa shape index (κ2) is 4.88. The van der Waals surface area contributed by atoms with E-state index in [0.717, 1.165) is 10.8 Å². The molecule has 3 aromatic rings. The first kappa shape index (κ1) is 13.4. The van der Waals surface area contributed by atoms with Gasteiger partial charge in [-0.1, -0.05) is 54.6 Å². The molecular formula is C19H12N2O2. The summed E-state index contributed by atoms with van der Waals surface area (Å²) in [6.45, 7) is 0. The van der Waals surface area contributed by atoms with Crippen molar-refractivity contribution < 1.29 is 9.59 Å². The largest absolute Gasteiger partial charge is 0.285 e. The highest BCUT2D eigenvalue weighted by molar-refractivity contribution is 6.57. The van der Waals surface area contributed by atoms with Crippen LogP contribution in [0, 0.1) is 5.41 Å². The van der Waals surface area contributed by atoms with Crippen molar-refractivity contribution in [3.05, 3.63) is 77.9 Å². The second-order valence-corrected chi connectivity index (χ2v) is 5.36. The van der Waals surface area contributed by atoms with Crippen LogP contribution in [0.15, 0.2) is 66.7 Å². The Morgan fingerprint density at radius 3 is 2.22 bits per heavy atom. The molecule has 1 N–H and O–H groups in total. The van der Waals surface area contributed by atoms with Crippen molar-refractivity contribution >= 4 is 34.0 Å². The molecule has 0 bridgehead atoms. The Kier molecular flexibility index (Phi) is 2.84. The Morgan fingerprint density at radius 1 is 0.739 bits per heavy atom. The van der Waals surface area contributed by atoms with E-state index >= 15 is 0 Å². The molecule has 4 heteroatoms. The average molecular weight is 300 g/mol. The number of hydrogen-bond donors (Lipinski definition) is 1. The Balaban J connectivity index is 1.97. The lowest BCUT2D eigenvalue weighted by Crippen LogP contribution is -2.46. The number of benzene rings is 3. The van der Waals surface area contributed by atoms with E-state index in [9.17, 15) is 9.59 Å². The standard InChI is InChI=1S/C19H12N2O2/c20-18-17(22)14-9-3-4-10-15(14)19(23)21(18)16-11-5-7-12-6-1-2-8-13(12)16/h1-11,20H. The van der Waals surface area contributed by atoms with Gasteiger partial charge in [0, 0.05) is 10.9 Å². The van der Waals surface area contributed by atoms with Gasteiger partial charge in [0.2, 0.25) is 5.78 Å². The van der Waals surface area contributed by atoms with E-state index < -0.39 is 5.78 Å². The molecule has 4 rings (SSSR count). The van der Waals surface area contributed by atoms with E-state index in [4.69, 9.17) is 5.41 Å². The number of amidine groups is 1. The molecule has 110 valence electrons. The minimum Gasteiger partial charge on any atom is -0.285 e. The molecule has 0 aliphatic carbocycles. The second-order valence-electron chi connectivity index (χ2n) is 5.36. The van der Waals surface area contributed by atoms with E-state index in [2.05, 4.69) is 0 Å². The third kappa shape index (κ3) is 1.89. The van der Waals surface area contributed by atoms with Gasteiger partial charge in [-0.2, -0.15) is 0 Å². The monoisotopic (exact) mass is 300 g/mol. The van der Waals surface area contributed by atoms with Crippen molar-refractivity contribution in [2.45, 2.75) is 0 Å². The first-order chi connectivity index (χ1) is 11.2. The molecule has 4 nitrogen and oxygen atoms in total. The van der Waals surface area contributed by atoms with Crippen molar-refractivity contribution in [1.82, 2.24) is 0 Å². The molecule has 0 saturated heterocycles. The Bertz CT molecular complexity index is 986. The van der Waals surface area contributed by atoms with Gasteiger partial charge in [0.15, 0.2) is 5.84 Å². The van der Waals surface area contributed by atoms with E-state index in [1.54, 1.807) is 30.3 Å². The maximum absolute atomic E-state index is 12.8. The van der Waals surface area contributed by atoms with E-state index in [1.165, 1.54) is 4.90 Å². The zero-order chi connectivity index (χ0) is 16.0. The summed E-state index contributed by atoms with van der Waals surface area (Å²) >= 11 is 0. The number of fused-ring (bicyclic) bond motifs is 2. The quantitative estimate of drug-likeness (QED) is 0.745. The number of hydrogen-bond acceptors (Lipinski definition) is 3. The SMILES string of the molecule is N=C1C(=O)c2ccccc2C(=O)N1c1cccc2ccccc12. The van der Waals surface area contributed by atoms with Crippen molar-refractivity contribution in [3.63, 3.8) is 0 Å². The molecule has 1 aliphatic heterocycles. The van der Waals surface area contributed by atoms with Crippen LogP contribution < -0.4 is 4.90 Å². The molecule has 0 aromatic heterocycles. The lowest BCUT2D eigenvalue weighted by molar-refractivity contribution is 0.0966. The van der Waals surface area contributed by atoms with Crippen molar-refractivity contribution in [2.24, 2.45) is 0 Å². The van der Waals surface area contributed by atoms with Crippen LogP contribution in [0.3, 0.4) is 0 Å². The zero-order valence-corrected chi connectivity index (χ0v) is 12.1. The summed E-state index contributed by atoms with van der Waals surface area (Å²) < 4.78 is 0. The lowest BCUT2D eigenvalue weighted by Gasteiger charge is -2.28. The highest BCUT2D eigenvalue weighted by atomic mass is 16.2. The molecule has 0 atom stereocenters. The minimum absolute atomic E-state index is 0.291. The number of nitrogens with zero attached hydrogens (tertiary/aromatic N) is 1. The van der Waals surface area contributed by atoms with Crippen LogP contribution in [0.1, 0.15) is 20.7 Å². The molecule has 1 heterocycles. The number of carbonyl (C=O) groups excluding carboxylic acids is 2. The van der Waals surface area contributed by atoms with Crippen LogP contribution in [-0.2, 0) is 0 Å². The molecule has 0 fully saturated rings. The van der Waals surface area contributed by atoms with Crippen molar-refractivity contribution in [3.8, 4) is 0 Å². The smallest absolute Gasteiger partial charge is 0.264 e. The summed E-state index contributed by atoms with van der Waals surface area (Å²) in [5.74, 6) is -1.10. The first-order valence-electron chi connectivity index (χ1n) is 7.23. The molecule has 0 saturated carbocycles. The number of anilines is 1. The van der Waals surface area contributed by atoms with Gasteiger partial charge in [0.05, 0.1) is 11.3 Å². The first-order valence-corrected chi connectivity index (χ1v) is 7.23. The van der Waals surface area contributed by atoms with Crippen LogP contribution >= 0.6 is 0 Å².